The highest BCUT2D eigenvalue weighted by Gasteiger charge is 2.17. The Morgan fingerprint density at radius 3 is 1.56 bits per heavy atom. The molecule has 7 heteroatoms. The van der Waals surface area contributed by atoms with Crippen molar-refractivity contribution in [1.82, 2.24) is 0 Å². The van der Waals surface area contributed by atoms with Crippen LogP contribution in [-0.4, -0.2) is 22.2 Å². The van der Waals surface area contributed by atoms with Crippen LogP contribution in [0, 0.1) is 0 Å². The van der Waals surface area contributed by atoms with Crippen LogP contribution in [0.2, 0.25) is 0 Å². The summed E-state index contributed by atoms with van der Waals surface area (Å²) in [6, 6.07) is 14.6. The average Bonchev–Trinajstić information content (AvgIpc) is 3.05. The summed E-state index contributed by atoms with van der Waals surface area (Å²) < 4.78 is 10.3. The maximum atomic E-state index is 12.1. The summed E-state index contributed by atoms with van der Waals surface area (Å²) in [6.07, 6.45) is 0. The molecule has 0 fully saturated rings. The topological polar surface area (TPSA) is 93.1 Å². The smallest absolute Gasteiger partial charge is 0.353 e. The molecule has 1 heterocycles. The molecule has 0 atom stereocenters. The lowest BCUT2D eigenvalue weighted by molar-refractivity contribution is 0.0731. The van der Waals surface area contributed by atoms with Crippen LogP contribution in [0.25, 0.3) is 0 Å². The first-order valence-electron chi connectivity index (χ1n) is 7.13. The number of hydrogen-bond donors (Lipinski definition) is 2. The lowest BCUT2D eigenvalue weighted by Gasteiger charge is -2.03. The van der Waals surface area contributed by atoms with Crippen molar-refractivity contribution in [2.75, 3.05) is 0 Å². The predicted octanol–water partition coefficient (Wildman–Crippen LogP) is 3.60. The van der Waals surface area contributed by atoms with Gasteiger partial charge in [-0.15, -0.1) is 11.3 Å². The van der Waals surface area contributed by atoms with Crippen LogP contribution in [0.5, 0.6) is 23.0 Å². The summed E-state index contributed by atoms with van der Waals surface area (Å²) in [5, 5.41) is 18.7. The molecule has 0 spiro atoms. The molecule has 1 aromatic heterocycles. The number of phenolic OH excluding ortho intramolecular Hbond substituents is 2. The fourth-order valence-electron chi connectivity index (χ4n) is 1.97. The van der Waals surface area contributed by atoms with E-state index in [4.69, 9.17) is 9.47 Å². The van der Waals surface area contributed by atoms with E-state index >= 15 is 0 Å². The van der Waals surface area contributed by atoms with Gasteiger partial charge in [-0.1, -0.05) is 12.1 Å². The van der Waals surface area contributed by atoms with Crippen molar-refractivity contribution < 1.29 is 29.3 Å². The number of phenols is 2. The molecule has 3 aromatic rings. The fourth-order valence-corrected chi connectivity index (χ4v) is 2.73. The maximum absolute atomic E-state index is 12.1. The quantitative estimate of drug-likeness (QED) is 0.548. The molecule has 0 radical (unpaired) electrons. The van der Waals surface area contributed by atoms with Gasteiger partial charge in [0.25, 0.3) is 0 Å². The van der Waals surface area contributed by atoms with Crippen LogP contribution < -0.4 is 9.47 Å². The summed E-state index contributed by atoms with van der Waals surface area (Å²) in [5.74, 6) is -0.942. The molecule has 2 aromatic carbocycles. The first-order chi connectivity index (χ1) is 12.0. The van der Waals surface area contributed by atoms with Crippen molar-refractivity contribution >= 4 is 23.3 Å². The summed E-state index contributed by atoms with van der Waals surface area (Å²) in [7, 11) is 0. The number of carbonyl (C=O) groups excluding carboxylic acids is 2. The van der Waals surface area contributed by atoms with Gasteiger partial charge in [0.2, 0.25) is 0 Å². The molecule has 0 amide bonds. The lowest BCUT2D eigenvalue weighted by Crippen LogP contribution is -2.07. The third-order valence-electron chi connectivity index (χ3n) is 3.06. The van der Waals surface area contributed by atoms with Gasteiger partial charge in [0.05, 0.1) is 0 Å². The second kappa shape index (κ2) is 7.06. The number of hydrogen-bond acceptors (Lipinski definition) is 7. The minimum Gasteiger partial charge on any atom is -0.508 e. The molecule has 25 heavy (non-hydrogen) atoms. The Bertz CT molecular complexity index is 857. The normalized spacial score (nSPS) is 10.2. The first kappa shape index (κ1) is 16.5. The summed E-state index contributed by atoms with van der Waals surface area (Å²) >= 11 is 0.922. The molecular formula is C18H12O6S. The maximum Gasteiger partial charge on any atom is 0.353 e. The molecule has 6 nitrogen and oxygen atoms in total. The zero-order valence-corrected chi connectivity index (χ0v) is 13.5. The Morgan fingerprint density at radius 1 is 0.720 bits per heavy atom. The van der Waals surface area contributed by atoms with Gasteiger partial charge in [-0.2, -0.15) is 0 Å². The largest absolute Gasteiger partial charge is 0.508 e. The lowest BCUT2D eigenvalue weighted by atomic mass is 10.3. The van der Waals surface area contributed by atoms with E-state index in [1.165, 1.54) is 48.5 Å². The standard InChI is InChI=1S/C18H12O6S/c19-11-3-1-5-13(9-11)23-17(21)15-7-8-16(25-15)18(22)24-14-6-2-4-12(20)10-14/h1-10,19-20H. The Kier molecular flexibility index (Phi) is 4.67. The first-order valence-corrected chi connectivity index (χ1v) is 7.95. The Labute approximate surface area is 146 Å². The number of thiophene rings is 1. The van der Waals surface area contributed by atoms with E-state index in [9.17, 15) is 19.8 Å². The van der Waals surface area contributed by atoms with Crippen LogP contribution in [0.4, 0.5) is 0 Å². The van der Waals surface area contributed by atoms with Crippen molar-refractivity contribution in [3.8, 4) is 23.0 Å². The van der Waals surface area contributed by atoms with Crippen LogP contribution in [0.15, 0.2) is 60.7 Å². The van der Waals surface area contributed by atoms with Crippen LogP contribution in [0.1, 0.15) is 19.3 Å². The van der Waals surface area contributed by atoms with Crippen LogP contribution >= 0.6 is 11.3 Å². The van der Waals surface area contributed by atoms with Gasteiger partial charge in [0.15, 0.2) is 0 Å². The van der Waals surface area contributed by atoms with Crippen LogP contribution in [-0.2, 0) is 0 Å². The zero-order chi connectivity index (χ0) is 17.8. The van der Waals surface area contributed by atoms with Gasteiger partial charge >= 0.3 is 11.9 Å². The van der Waals surface area contributed by atoms with E-state index in [0.717, 1.165) is 11.3 Å². The summed E-state index contributed by atoms with van der Waals surface area (Å²) in [5.41, 5.74) is 0. The van der Waals surface area contributed by atoms with E-state index in [1.54, 1.807) is 12.1 Å². The second-order valence-corrected chi connectivity index (χ2v) is 6.02. The number of aromatic hydroxyl groups is 2. The monoisotopic (exact) mass is 356 g/mol. The van der Waals surface area contributed by atoms with Gasteiger partial charge < -0.3 is 19.7 Å². The Morgan fingerprint density at radius 2 is 1.16 bits per heavy atom. The Hall–Kier alpha value is -3.32. The minimum absolute atomic E-state index is 0.0214. The molecular weight excluding hydrogens is 344 g/mol. The zero-order valence-electron chi connectivity index (χ0n) is 12.7. The highest BCUT2D eigenvalue weighted by Crippen LogP contribution is 2.24. The molecule has 0 unspecified atom stereocenters. The van der Waals surface area contributed by atoms with Crippen molar-refractivity contribution in [3.63, 3.8) is 0 Å². The molecule has 0 aliphatic rings. The van der Waals surface area contributed by atoms with E-state index in [0.29, 0.717) is 0 Å². The molecule has 0 bridgehead atoms. The number of carbonyl (C=O) groups is 2. The molecule has 2 N–H and O–H groups in total. The third-order valence-corrected chi connectivity index (χ3v) is 4.11. The highest BCUT2D eigenvalue weighted by atomic mass is 32.1. The van der Waals surface area contributed by atoms with Gasteiger partial charge in [0.1, 0.15) is 32.8 Å². The average molecular weight is 356 g/mol. The molecule has 3 rings (SSSR count). The SMILES string of the molecule is O=C(Oc1cccc(O)c1)c1ccc(C(=O)Oc2cccc(O)c2)s1. The predicted molar refractivity (Wildman–Crippen MR) is 90.4 cm³/mol. The third kappa shape index (κ3) is 4.15. The number of rotatable bonds is 4. The van der Waals surface area contributed by atoms with Crippen molar-refractivity contribution in [3.05, 3.63) is 70.4 Å². The van der Waals surface area contributed by atoms with Gasteiger partial charge in [-0.3, -0.25) is 0 Å². The molecule has 0 aliphatic heterocycles. The van der Waals surface area contributed by atoms with Crippen molar-refractivity contribution in [2.24, 2.45) is 0 Å². The number of benzene rings is 2. The second-order valence-electron chi connectivity index (χ2n) is 4.94. The number of ether oxygens (including phenoxy) is 2. The van der Waals surface area contributed by atoms with E-state index in [1.807, 2.05) is 0 Å². The summed E-state index contributed by atoms with van der Waals surface area (Å²) in [6.45, 7) is 0. The van der Waals surface area contributed by atoms with Crippen molar-refractivity contribution in [1.29, 1.82) is 0 Å². The molecule has 126 valence electrons. The van der Waals surface area contributed by atoms with E-state index in [2.05, 4.69) is 0 Å². The van der Waals surface area contributed by atoms with E-state index < -0.39 is 11.9 Å². The van der Waals surface area contributed by atoms with Gasteiger partial charge in [-0.05, 0) is 36.4 Å². The van der Waals surface area contributed by atoms with Crippen molar-refractivity contribution in [2.45, 2.75) is 0 Å². The van der Waals surface area contributed by atoms with Crippen LogP contribution in [0.3, 0.4) is 0 Å². The molecule has 0 saturated heterocycles. The van der Waals surface area contributed by atoms with E-state index in [-0.39, 0.29) is 32.8 Å². The molecule has 0 aliphatic carbocycles. The minimum atomic E-state index is -0.646. The molecule has 0 saturated carbocycles. The Balaban J connectivity index is 1.69. The summed E-state index contributed by atoms with van der Waals surface area (Å²) in [4.78, 5) is 24.6. The van der Waals surface area contributed by atoms with Gasteiger partial charge in [0, 0.05) is 12.1 Å². The van der Waals surface area contributed by atoms with Gasteiger partial charge in [-0.25, -0.2) is 9.59 Å². The fraction of sp³-hybridized carbons (Fsp3) is 0. The highest BCUT2D eigenvalue weighted by molar-refractivity contribution is 7.15. The number of esters is 2.